The van der Waals surface area contributed by atoms with E-state index in [1.165, 1.54) is 35.8 Å². The van der Waals surface area contributed by atoms with Gasteiger partial charge in [-0.05, 0) is 35.8 Å². The van der Waals surface area contributed by atoms with Gasteiger partial charge in [-0.25, -0.2) is 0 Å². The molecule has 7 heteroatoms. The summed E-state index contributed by atoms with van der Waals surface area (Å²) in [6.07, 6.45) is 2.93. The predicted octanol–water partition coefficient (Wildman–Crippen LogP) is 4.54. The molecule has 1 fully saturated rings. The zero-order valence-electron chi connectivity index (χ0n) is 8.43. The Labute approximate surface area is 113 Å². The third-order valence-corrected chi connectivity index (χ3v) is 2.84. The normalized spacial score (nSPS) is 17.6. The summed E-state index contributed by atoms with van der Waals surface area (Å²) in [4.78, 5) is 0. The Morgan fingerprint density at radius 2 is 1.18 bits per heavy atom. The van der Waals surface area contributed by atoms with Crippen molar-refractivity contribution in [1.82, 2.24) is 0 Å². The van der Waals surface area contributed by atoms with Crippen LogP contribution in [0.3, 0.4) is 0 Å². The van der Waals surface area contributed by atoms with E-state index in [0.717, 1.165) is 21.6 Å². The molecule has 0 amide bonds. The number of hydrogen-bond acceptors (Lipinski definition) is 1. The molecular weight excluding hydrogens is 444 g/mol. The van der Waals surface area contributed by atoms with E-state index in [-0.39, 0.29) is 0 Å². The molecule has 0 nitrogen and oxygen atoms in total. The van der Waals surface area contributed by atoms with Gasteiger partial charge in [0.05, 0.1) is 0 Å². The van der Waals surface area contributed by atoms with Gasteiger partial charge in [0.15, 0.2) is 0 Å². The molecule has 0 N–H and O–H groups in total. The van der Waals surface area contributed by atoms with Gasteiger partial charge in [-0.2, -0.15) is 29.3 Å². The fourth-order valence-electron chi connectivity index (χ4n) is 0.923. The summed E-state index contributed by atoms with van der Waals surface area (Å²) >= 11 is 2.85. The first-order valence-electron chi connectivity index (χ1n) is 4.45. The topological polar surface area (TPSA) is 0 Å². The van der Waals surface area contributed by atoms with Crippen LogP contribution in [0.15, 0.2) is 34.8 Å². The monoisotopic (exact) mass is 452 g/mol. The van der Waals surface area contributed by atoms with Gasteiger partial charge in [-0.15, -0.1) is 0 Å². The number of hydrogen-bond donors (Lipinski definition) is 0. The molecule has 1 saturated heterocycles. The Balaban J connectivity index is 0.000000306. The van der Waals surface area contributed by atoms with Crippen LogP contribution in [0.1, 0.15) is 12.8 Å². The Morgan fingerprint density at radius 3 is 1.41 bits per heavy atom. The molecule has 0 aromatic carbocycles. The molecule has 0 spiro atoms. The number of allylic oxidation sites excluding steroid dienone is 4. The molecule has 0 bridgehead atoms. The number of rotatable bonds is 0. The molecule has 0 aromatic rings. The Hall–Kier alpha value is -0.220. The fraction of sp³-hybridized carbons (Fsp3) is 0.400. The van der Waals surface area contributed by atoms with Crippen molar-refractivity contribution in [1.29, 1.82) is 0 Å². The van der Waals surface area contributed by atoms with Crippen LogP contribution in [0, 0.1) is 0 Å². The molecule has 1 heterocycles. The predicted molar refractivity (Wildman–Crippen MR) is 53.2 cm³/mol. The molecule has 0 radical (unpaired) electrons. The SMILES string of the molecule is C1CCSC1.FC1=C=C=C(F)C(F)=C1F.[F][Au]. The van der Waals surface area contributed by atoms with E-state index in [4.69, 9.17) is 0 Å². The summed E-state index contributed by atoms with van der Waals surface area (Å²) in [5.41, 5.74) is 2.85. The maximum atomic E-state index is 12.0. The standard InChI is InChI=1S/C6F4.C4H8S.Au.FH/c7-3-1-2-4(8)6(10)5(3)9;1-2-4-5-3-1;;/h;1-4H2;;1H/q;;+1;/p-1. The van der Waals surface area contributed by atoms with Crippen molar-refractivity contribution < 1.29 is 42.2 Å². The zero-order valence-corrected chi connectivity index (χ0v) is 11.4. The van der Waals surface area contributed by atoms with Crippen molar-refractivity contribution in [2.45, 2.75) is 12.8 Å². The molecule has 2 aliphatic rings. The number of thioether (sulfide) groups is 1. The van der Waals surface area contributed by atoms with E-state index in [1.54, 1.807) is 0 Å². The molecule has 100 valence electrons. The van der Waals surface area contributed by atoms with E-state index in [1.807, 2.05) is 0 Å². The fourth-order valence-corrected chi connectivity index (χ4v) is 1.94. The molecular formula is C10H8AuF5S. The van der Waals surface area contributed by atoms with Gasteiger partial charge in [0, 0.05) is 0 Å². The second-order valence-corrected chi connectivity index (χ2v) is 4.05. The zero-order chi connectivity index (χ0) is 13.3. The molecule has 1 aliphatic carbocycles. The molecule has 0 saturated carbocycles. The Bertz CT molecular complexity index is 337. The van der Waals surface area contributed by atoms with E-state index >= 15 is 0 Å². The van der Waals surface area contributed by atoms with Crippen molar-refractivity contribution in [2.24, 2.45) is 0 Å². The average molecular weight is 452 g/mol. The van der Waals surface area contributed by atoms with Crippen LogP contribution in [-0.4, -0.2) is 11.5 Å². The first-order valence-corrected chi connectivity index (χ1v) is 6.42. The first kappa shape index (κ1) is 16.8. The van der Waals surface area contributed by atoms with Crippen LogP contribution >= 0.6 is 11.8 Å². The summed E-state index contributed by atoms with van der Waals surface area (Å²) in [6.45, 7) is 0. The quantitative estimate of drug-likeness (QED) is 0.296. The van der Waals surface area contributed by atoms with Gasteiger partial charge in [-0.3, -0.25) is 0 Å². The van der Waals surface area contributed by atoms with Gasteiger partial charge >= 0.3 is 24.6 Å². The van der Waals surface area contributed by atoms with Crippen molar-refractivity contribution in [3.8, 4) is 0 Å². The first-order chi connectivity index (χ1) is 8.13. The minimum atomic E-state index is -1.86. The van der Waals surface area contributed by atoms with Crippen LogP contribution in [0.25, 0.3) is 0 Å². The molecule has 17 heavy (non-hydrogen) atoms. The summed E-state index contributed by atoms with van der Waals surface area (Å²) in [5, 5.41) is 0. The third kappa shape index (κ3) is 6.32. The minimum absolute atomic E-state index is 0.778. The van der Waals surface area contributed by atoms with Crippen molar-refractivity contribution in [3.05, 3.63) is 34.8 Å². The van der Waals surface area contributed by atoms with E-state index < -0.39 is 23.3 Å². The molecule has 0 aromatic heterocycles. The van der Waals surface area contributed by atoms with Gasteiger partial charge in [-0.1, -0.05) is 0 Å². The third-order valence-electron chi connectivity index (χ3n) is 1.69. The van der Waals surface area contributed by atoms with E-state index in [0.29, 0.717) is 0 Å². The van der Waals surface area contributed by atoms with Gasteiger partial charge in [0.25, 0.3) is 0 Å². The van der Waals surface area contributed by atoms with Crippen molar-refractivity contribution in [3.63, 3.8) is 0 Å². The second-order valence-electron chi connectivity index (χ2n) is 2.83. The molecule has 1 aliphatic heterocycles. The van der Waals surface area contributed by atoms with Crippen LogP contribution in [0.4, 0.5) is 20.6 Å². The molecule has 2 rings (SSSR count). The van der Waals surface area contributed by atoms with Crippen LogP contribution in [-0.2, 0) is 21.6 Å². The van der Waals surface area contributed by atoms with Gasteiger partial charge in [0.2, 0.25) is 23.3 Å². The van der Waals surface area contributed by atoms with Crippen LogP contribution in [0.5, 0.6) is 0 Å². The van der Waals surface area contributed by atoms with Crippen LogP contribution in [0.2, 0.25) is 0 Å². The summed E-state index contributed by atoms with van der Waals surface area (Å²) < 4.78 is 57.1. The summed E-state index contributed by atoms with van der Waals surface area (Å²) in [7, 11) is 0. The van der Waals surface area contributed by atoms with E-state index in [2.05, 4.69) is 11.8 Å². The van der Waals surface area contributed by atoms with Crippen molar-refractivity contribution >= 4 is 11.8 Å². The Kier molecular flexibility index (Phi) is 9.65. The molecule has 0 atom stereocenters. The molecule has 0 unspecified atom stereocenters. The summed E-state index contributed by atoms with van der Waals surface area (Å²) in [6, 6.07) is 0. The summed E-state index contributed by atoms with van der Waals surface area (Å²) in [5.74, 6) is -4.04. The van der Waals surface area contributed by atoms with Gasteiger partial charge in [0.1, 0.15) is 0 Å². The second kappa shape index (κ2) is 9.77. The van der Waals surface area contributed by atoms with Gasteiger partial charge < -0.3 is 0 Å². The maximum absolute atomic E-state index is 12.0. The number of halogens is 5. The Morgan fingerprint density at radius 1 is 0.824 bits per heavy atom. The van der Waals surface area contributed by atoms with E-state index in [9.17, 15) is 20.6 Å². The average Bonchev–Trinajstić information content (AvgIpc) is 2.93. The van der Waals surface area contributed by atoms with Crippen LogP contribution < -0.4 is 0 Å². The van der Waals surface area contributed by atoms with Crippen molar-refractivity contribution in [2.75, 3.05) is 11.5 Å².